The van der Waals surface area contributed by atoms with E-state index in [1.165, 1.54) is 18.1 Å². The van der Waals surface area contributed by atoms with Gasteiger partial charge in [0.15, 0.2) is 0 Å². The average molecular weight is 430 g/mol. The Morgan fingerprint density at radius 2 is 1.93 bits per heavy atom. The van der Waals surface area contributed by atoms with E-state index >= 15 is 0 Å². The number of ketones is 1. The van der Waals surface area contributed by atoms with E-state index in [1.807, 2.05) is 19.0 Å². The summed E-state index contributed by atoms with van der Waals surface area (Å²) in [4.78, 5) is 33.3. The zero-order valence-corrected chi connectivity index (χ0v) is 17.9. The summed E-state index contributed by atoms with van der Waals surface area (Å²) in [5, 5.41) is 11.3. The van der Waals surface area contributed by atoms with Crippen LogP contribution in [-0.2, 0) is 9.59 Å². The van der Waals surface area contributed by atoms with Crippen LogP contribution in [0.5, 0.6) is 5.75 Å². The highest BCUT2D eigenvalue weighted by molar-refractivity contribution is 6.46. The Balaban J connectivity index is 2.08. The number of carbonyl (C=O) groups is 2. The van der Waals surface area contributed by atoms with Gasteiger partial charge in [0, 0.05) is 24.5 Å². The van der Waals surface area contributed by atoms with Crippen molar-refractivity contribution in [1.29, 1.82) is 0 Å². The number of amides is 1. The minimum Gasteiger partial charge on any atom is -0.507 e. The van der Waals surface area contributed by atoms with E-state index < -0.39 is 17.7 Å². The maximum absolute atomic E-state index is 12.9. The van der Waals surface area contributed by atoms with Gasteiger partial charge < -0.3 is 19.6 Å². The van der Waals surface area contributed by atoms with Crippen LogP contribution in [0.3, 0.4) is 0 Å². The summed E-state index contributed by atoms with van der Waals surface area (Å²) in [6.07, 6.45) is 3.88. The predicted octanol–water partition coefficient (Wildman–Crippen LogP) is 3.12. The van der Waals surface area contributed by atoms with Gasteiger partial charge in [-0.05, 0) is 63.0 Å². The predicted molar refractivity (Wildman–Crippen MR) is 114 cm³/mol. The molecule has 0 aliphatic carbocycles. The smallest absolute Gasteiger partial charge is 0.295 e. The largest absolute Gasteiger partial charge is 0.507 e. The molecule has 30 heavy (non-hydrogen) atoms. The minimum absolute atomic E-state index is 0.0392. The van der Waals surface area contributed by atoms with Gasteiger partial charge in [-0.2, -0.15) is 0 Å². The number of hydrogen-bond acceptors (Lipinski definition) is 6. The standard InChI is InChI=1S/C22H24ClN3O4/c1-25(2)11-4-12-26-19(14-7-9-24-10-8-14)18(21(28)22(26)29)20(27)15-5-6-17(30-3)16(23)13-15/h5-10,13,19,27H,4,11-12H2,1-3H3. The molecule has 1 unspecified atom stereocenters. The van der Waals surface area contributed by atoms with E-state index in [4.69, 9.17) is 16.3 Å². The van der Waals surface area contributed by atoms with Crippen molar-refractivity contribution in [1.82, 2.24) is 14.8 Å². The Morgan fingerprint density at radius 3 is 2.53 bits per heavy atom. The molecule has 1 aromatic carbocycles. The Labute approximate surface area is 180 Å². The molecule has 0 spiro atoms. The fraction of sp³-hybridized carbons (Fsp3) is 0.318. The number of nitrogens with zero attached hydrogens (tertiary/aromatic N) is 3. The van der Waals surface area contributed by atoms with Crippen molar-refractivity contribution in [3.63, 3.8) is 0 Å². The number of likely N-dealkylation sites (tertiary alicyclic amines) is 1. The summed E-state index contributed by atoms with van der Waals surface area (Å²) in [6, 6.07) is 7.50. The van der Waals surface area contributed by atoms with Crippen molar-refractivity contribution in [2.75, 3.05) is 34.3 Å². The average Bonchev–Trinajstić information content (AvgIpc) is 2.98. The molecule has 1 amide bonds. The quantitative estimate of drug-likeness (QED) is 0.413. The van der Waals surface area contributed by atoms with Crippen LogP contribution >= 0.6 is 11.6 Å². The first kappa shape index (κ1) is 21.8. The molecular weight excluding hydrogens is 406 g/mol. The minimum atomic E-state index is -0.717. The molecule has 0 radical (unpaired) electrons. The third-order valence-corrected chi connectivity index (χ3v) is 5.29. The van der Waals surface area contributed by atoms with Crippen LogP contribution in [0.25, 0.3) is 5.76 Å². The maximum Gasteiger partial charge on any atom is 0.295 e. The number of pyridine rings is 1. The SMILES string of the molecule is COc1ccc(C(O)=C2C(=O)C(=O)N(CCCN(C)C)C2c2ccncc2)cc1Cl. The van der Waals surface area contributed by atoms with Crippen molar-refractivity contribution in [3.05, 3.63) is 64.4 Å². The number of ether oxygens (including phenoxy) is 1. The van der Waals surface area contributed by atoms with Gasteiger partial charge in [0.05, 0.1) is 23.7 Å². The van der Waals surface area contributed by atoms with E-state index in [0.29, 0.717) is 34.9 Å². The number of carbonyl (C=O) groups excluding carboxylic acids is 2. The lowest BCUT2D eigenvalue weighted by molar-refractivity contribution is -0.139. The summed E-state index contributed by atoms with van der Waals surface area (Å²) in [5.41, 5.74) is 1.08. The summed E-state index contributed by atoms with van der Waals surface area (Å²) in [5.74, 6) is -1.17. The van der Waals surface area contributed by atoms with E-state index in [9.17, 15) is 14.7 Å². The molecule has 1 N–H and O–H groups in total. The van der Waals surface area contributed by atoms with Gasteiger partial charge in [-0.25, -0.2) is 0 Å². The monoisotopic (exact) mass is 429 g/mol. The summed E-state index contributed by atoms with van der Waals surface area (Å²) < 4.78 is 5.14. The number of methoxy groups -OCH3 is 1. The molecule has 1 saturated heterocycles. The van der Waals surface area contributed by atoms with Gasteiger partial charge in [0.25, 0.3) is 11.7 Å². The molecule has 1 aliphatic rings. The normalized spacial score (nSPS) is 18.3. The Bertz CT molecular complexity index is 976. The molecule has 2 aromatic rings. The fourth-order valence-electron chi connectivity index (χ4n) is 3.53. The molecule has 7 nitrogen and oxygen atoms in total. The van der Waals surface area contributed by atoms with Crippen molar-refractivity contribution >= 4 is 29.1 Å². The van der Waals surface area contributed by atoms with Gasteiger partial charge in [-0.15, -0.1) is 0 Å². The topological polar surface area (TPSA) is 83.0 Å². The van der Waals surface area contributed by atoms with Crippen LogP contribution in [0.2, 0.25) is 5.02 Å². The highest BCUT2D eigenvalue weighted by Crippen LogP contribution is 2.40. The number of benzene rings is 1. The van der Waals surface area contributed by atoms with Crippen LogP contribution < -0.4 is 4.74 Å². The van der Waals surface area contributed by atoms with Crippen LogP contribution in [0.4, 0.5) is 0 Å². The van der Waals surface area contributed by atoms with Crippen LogP contribution in [-0.4, -0.2) is 65.9 Å². The van der Waals surface area contributed by atoms with Crippen LogP contribution in [0.1, 0.15) is 23.6 Å². The van der Waals surface area contributed by atoms with Gasteiger partial charge in [0.2, 0.25) is 0 Å². The van der Waals surface area contributed by atoms with Crippen LogP contribution in [0.15, 0.2) is 48.3 Å². The first-order valence-corrected chi connectivity index (χ1v) is 9.90. The van der Waals surface area contributed by atoms with Gasteiger partial charge in [-0.1, -0.05) is 11.6 Å². The van der Waals surface area contributed by atoms with Crippen molar-refractivity contribution in [2.24, 2.45) is 0 Å². The van der Waals surface area contributed by atoms with E-state index in [0.717, 1.165) is 6.54 Å². The molecule has 8 heteroatoms. The maximum atomic E-state index is 12.9. The summed E-state index contributed by atoms with van der Waals surface area (Å²) in [6.45, 7) is 1.15. The van der Waals surface area contributed by atoms with Crippen molar-refractivity contribution in [2.45, 2.75) is 12.5 Å². The van der Waals surface area contributed by atoms with Crippen LogP contribution in [0, 0.1) is 0 Å². The van der Waals surface area contributed by atoms with Crippen molar-refractivity contribution in [3.8, 4) is 5.75 Å². The molecule has 1 atom stereocenters. The number of halogens is 1. The third-order valence-electron chi connectivity index (χ3n) is 4.99. The molecule has 0 saturated carbocycles. The number of Topliss-reactive ketones (excluding diaryl/α,β-unsaturated/α-hetero) is 1. The molecule has 158 valence electrons. The molecule has 1 fully saturated rings. The first-order chi connectivity index (χ1) is 14.3. The lowest BCUT2D eigenvalue weighted by Gasteiger charge is -2.25. The van der Waals surface area contributed by atoms with Gasteiger partial charge in [-0.3, -0.25) is 14.6 Å². The zero-order chi connectivity index (χ0) is 21.8. The Morgan fingerprint density at radius 1 is 1.23 bits per heavy atom. The van der Waals surface area contributed by atoms with E-state index in [1.54, 1.807) is 36.7 Å². The van der Waals surface area contributed by atoms with E-state index in [2.05, 4.69) is 4.98 Å². The molecule has 1 aromatic heterocycles. The number of aliphatic hydroxyl groups excluding tert-OH is 1. The zero-order valence-electron chi connectivity index (χ0n) is 17.1. The lowest BCUT2D eigenvalue weighted by Crippen LogP contribution is -2.32. The number of hydrogen-bond donors (Lipinski definition) is 1. The second-order valence-electron chi connectivity index (χ2n) is 7.28. The molecule has 2 heterocycles. The second kappa shape index (κ2) is 9.28. The third kappa shape index (κ3) is 4.32. The molecule has 1 aliphatic heterocycles. The number of aliphatic hydroxyl groups is 1. The first-order valence-electron chi connectivity index (χ1n) is 9.52. The van der Waals surface area contributed by atoms with E-state index in [-0.39, 0.29) is 11.3 Å². The van der Waals surface area contributed by atoms with Crippen molar-refractivity contribution < 1.29 is 19.4 Å². The fourth-order valence-corrected chi connectivity index (χ4v) is 3.79. The second-order valence-corrected chi connectivity index (χ2v) is 7.69. The molecule has 3 rings (SSSR count). The molecular formula is C22H24ClN3O4. The highest BCUT2D eigenvalue weighted by Gasteiger charge is 2.45. The summed E-state index contributed by atoms with van der Waals surface area (Å²) >= 11 is 6.19. The summed E-state index contributed by atoms with van der Waals surface area (Å²) in [7, 11) is 5.38. The van der Waals surface area contributed by atoms with Gasteiger partial charge >= 0.3 is 0 Å². The highest BCUT2D eigenvalue weighted by atomic mass is 35.5. The lowest BCUT2D eigenvalue weighted by atomic mass is 9.96. The Hall–Kier alpha value is -2.90. The Kier molecular flexibility index (Phi) is 6.74. The number of rotatable bonds is 7. The molecule has 0 bridgehead atoms. The number of aromatic nitrogens is 1. The van der Waals surface area contributed by atoms with Gasteiger partial charge in [0.1, 0.15) is 11.5 Å².